The second kappa shape index (κ2) is 6.33. The summed E-state index contributed by atoms with van der Waals surface area (Å²) in [7, 11) is 0. The van der Waals surface area contributed by atoms with Crippen molar-refractivity contribution in [3.63, 3.8) is 0 Å². The van der Waals surface area contributed by atoms with Gasteiger partial charge in [0.25, 0.3) is 0 Å². The van der Waals surface area contributed by atoms with E-state index in [1.54, 1.807) is 0 Å². The Hall–Kier alpha value is -0.450. The van der Waals surface area contributed by atoms with Crippen LogP contribution in [0.2, 0.25) is 0 Å². The van der Waals surface area contributed by atoms with Crippen molar-refractivity contribution in [1.29, 1.82) is 0 Å². The Morgan fingerprint density at radius 3 is 2.68 bits per heavy atom. The zero-order chi connectivity index (χ0) is 14.0. The quantitative estimate of drug-likeness (QED) is 0.900. The molecule has 1 fully saturated rings. The molecule has 0 radical (unpaired) electrons. The molecule has 1 saturated carbocycles. The second-order valence-electron chi connectivity index (χ2n) is 5.68. The molecule has 0 aliphatic heterocycles. The van der Waals surface area contributed by atoms with Gasteiger partial charge in [-0.25, -0.2) is 4.98 Å². The van der Waals surface area contributed by atoms with Crippen molar-refractivity contribution in [3.8, 4) is 0 Å². The second-order valence-corrected chi connectivity index (χ2v) is 6.92. The van der Waals surface area contributed by atoms with Gasteiger partial charge in [-0.15, -0.1) is 11.3 Å². The van der Waals surface area contributed by atoms with Crippen LogP contribution < -0.4 is 5.73 Å². The van der Waals surface area contributed by atoms with Crippen molar-refractivity contribution >= 4 is 11.3 Å². The van der Waals surface area contributed by atoms with E-state index in [4.69, 9.17) is 5.73 Å². The molecule has 1 aliphatic rings. The van der Waals surface area contributed by atoms with Gasteiger partial charge >= 0.3 is 0 Å². The number of hydrogen-bond acceptors (Lipinski definition) is 4. The molecule has 0 spiro atoms. The van der Waals surface area contributed by atoms with Gasteiger partial charge in [-0.2, -0.15) is 0 Å². The standard InChI is InChI=1S/C15H27N3S/c1-5-18(14-8-6-7-13(14)9-16)11(3)15-10(2)17-12(4)19-15/h11,13-14H,5-9,16H2,1-4H3. The molecule has 1 aliphatic carbocycles. The van der Waals surface area contributed by atoms with Crippen LogP contribution in [0.4, 0.5) is 0 Å². The molecular weight excluding hydrogens is 254 g/mol. The van der Waals surface area contributed by atoms with E-state index in [9.17, 15) is 0 Å². The van der Waals surface area contributed by atoms with E-state index in [2.05, 4.69) is 37.6 Å². The summed E-state index contributed by atoms with van der Waals surface area (Å²) in [4.78, 5) is 8.66. The summed E-state index contributed by atoms with van der Waals surface area (Å²) in [5.41, 5.74) is 7.16. The van der Waals surface area contributed by atoms with Crippen molar-refractivity contribution < 1.29 is 0 Å². The summed E-state index contributed by atoms with van der Waals surface area (Å²) in [6.45, 7) is 10.8. The minimum Gasteiger partial charge on any atom is -0.330 e. The molecule has 1 aromatic rings. The maximum absolute atomic E-state index is 5.95. The maximum Gasteiger partial charge on any atom is 0.0900 e. The van der Waals surface area contributed by atoms with E-state index < -0.39 is 0 Å². The fraction of sp³-hybridized carbons (Fsp3) is 0.800. The Bertz CT molecular complexity index is 416. The third kappa shape index (κ3) is 3.01. The van der Waals surface area contributed by atoms with Gasteiger partial charge in [0, 0.05) is 17.0 Å². The highest BCUT2D eigenvalue weighted by atomic mass is 32.1. The molecule has 0 aromatic carbocycles. The smallest absolute Gasteiger partial charge is 0.0900 e. The lowest BCUT2D eigenvalue weighted by molar-refractivity contribution is 0.125. The summed E-state index contributed by atoms with van der Waals surface area (Å²) < 4.78 is 0. The van der Waals surface area contributed by atoms with Crippen molar-refractivity contribution in [1.82, 2.24) is 9.88 Å². The molecule has 0 amide bonds. The van der Waals surface area contributed by atoms with Gasteiger partial charge in [0.2, 0.25) is 0 Å². The van der Waals surface area contributed by atoms with Gasteiger partial charge in [-0.05, 0) is 52.6 Å². The monoisotopic (exact) mass is 281 g/mol. The van der Waals surface area contributed by atoms with Crippen LogP contribution in [0.3, 0.4) is 0 Å². The summed E-state index contributed by atoms with van der Waals surface area (Å²) in [6.07, 6.45) is 3.93. The minimum atomic E-state index is 0.466. The average molecular weight is 281 g/mol. The van der Waals surface area contributed by atoms with E-state index in [0.717, 1.165) is 13.1 Å². The van der Waals surface area contributed by atoms with E-state index >= 15 is 0 Å². The van der Waals surface area contributed by atoms with Crippen LogP contribution in [0.1, 0.15) is 54.7 Å². The Morgan fingerprint density at radius 2 is 2.16 bits per heavy atom. The van der Waals surface area contributed by atoms with Crippen LogP contribution in [0, 0.1) is 19.8 Å². The van der Waals surface area contributed by atoms with Gasteiger partial charge in [0.15, 0.2) is 0 Å². The first-order valence-corrected chi connectivity index (χ1v) is 8.29. The van der Waals surface area contributed by atoms with Crippen molar-refractivity contribution in [2.75, 3.05) is 13.1 Å². The lowest BCUT2D eigenvalue weighted by Crippen LogP contribution is -2.41. The van der Waals surface area contributed by atoms with Crippen LogP contribution in [0.5, 0.6) is 0 Å². The SMILES string of the molecule is CCN(C(C)c1sc(C)nc1C)C1CCCC1CN. The van der Waals surface area contributed by atoms with Crippen molar-refractivity contribution in [2.24, 2.45) is 11.7 Å². The first-order chi connectivity index (χ1) is 9.08. The number of thiazole rings is 1. The van der Waals surface area contributed by atoms with E-state index in [1.807, 2.05) is 11.3 Å². The topological polar surface area (TPSA) is 42.2 Å². The van der Waals surface area contributed by atoms with Crippen LogP contribution in [0.15, 0.2) is 0 Å². The van der Waals surface area contributed by atoms with Gasteiger partial charge < -0.3 is 5.73 Å². The number of rotatable bonds is 5. The van der Waals surface area contributed by atoms with Crippen molar-refractivity contribution in [2.45, 2.75) is 59.0 Å². The number of aryl methyl sites for hydroxylation is 2. The first kappa shape index (κ1) is 14.9. The molecule has 0 saturated heterocycles. The predicted octanol–water partition coefficient (Wildman–Crippen LogP) is 3.27. The van der Waals surface area contributed by atoms with E-state index in [1.165, 1.54) is 34.8 Å². The average Bonchev–Trinajstić information content (AvgIpc) is 2.96. The summed E-state index contributed by atoms with van der Waals surface area (Å²) in [6, 6.07) is 1.13. The normalized spacial score (nSPS) is 25.2. The highest BCUT2D eigenvalue weighted by Crippen LogP contribution is 2.36. The molecule has 2 rings (SSSR count). The van der Waals surface area contributed by atoms with Crippen LogP contribution in [-0.2, 0) is 0 Å². The maximum atomic E-state index is 5.95. The fourth-order valence-electron chi connectivity index (χ4n) is 3.61. The van der Waals surface area contributed by atoms with Gasteiger partial charge in [-0.3, -0.25) is 4.90 Å². The molecule has 19 heavy (non-hydrogen) atoms. The number of nitrogens with zero attached hydrogens (tertiary/aromatic N) is 2. The molecule has 1 aromatic heterocycles. The number of hydrogen-bond donors (Lipinski definition) is 1. The molecular formula is C15H27N3S. The number of aromatic nitrogens is 1. The van der Waals surface area contributed by atoms with Gasteiger partial charge in [0.1, 0.15) is 0 Å². The molecule has 3 unspecified atom stereocenters. The molecule has 0 bridgehead atoms. The van der Waals surface area contributed by atoms with E-state index in [-0.39, 0.29) is 0 Å². The summed E-state index contributed by atoms with van der Waals surface area (Å²) in [5, 5.41) is 1.18. The largest absolute Gasteiger partial charge is 0.330 e. The molecule has 108 valence electrons. The van der Waals surface area contributed by atoms with Crippen LogP contribution >= 0.6 is 11.3 Å². The zero-order valence-corrected chi connectivity index (χ0v) is 13.5. The highest BCUT2D eigenvalue weighted by molar-refractivity contribution is 7.11. The van der Waals surface area contributed by atoms with E-state index in [0.29, 0.717) is 18.0 Å². The molecule has 3 nitrogen and oxygen atoms in total. The summed E-state index contributed by atoms with van der Waals surface area (Å²) >= 11 is 1.85. The molecule has 3 atom stereocenters. The lowest BCUT2D eigenvalue weighted by atomic mass is 10.00. The minimum absolute atomic E-state index is 0.466. The van der Waals surface area contributed by atoms with Gasteiger partial charge in [-0.1, -0.05) is 13.3 Å². The van der Waals surface area contributed by atoms with Crippen molar-refractivity contribution in [3.05, 3.63) is 15.6 Å². The van der Waals surface area contributed by atoms with Crippen LogP contribution in [0.25, 0.3) is 0 Å². The lowest BCUT2D eigenvalue weighted by Gasteiger charge is -2.36. The zero-order valence-electron chi connectivity index (χ0n) is 12.6. The first-order valence-electron chi connectivity index (χ1n) is 7.48. The predicted molar refractivity (Wildman–Crippen MR) is 82.6 cm³/mol. The Balaban J connectivity index is 2.19. The summed E-state index contributed by atoms with van der Waals surface area (Å²) in [5.74, 6) is 0.678. The Kier molecular flexibility index (Phi) is 4.98. The number of nitrogens with two attached hydrogens (primary N) is 1. The molecule has 4 heteroatoms. The van der Waals surface area contributed by atoms with Gasteiger partial charge in [0.05, 0.1) is 10.7 Å². The highest BCUT2D eigenvalue weighted by Gasteiger charge is 2.34. The Morgan fingerprint density at radius 1 is 1.42 bits per heavy atom. The van der Waals surface area contributed by atoms with Crippen LogP contribution in [-0.4, -0.2) is 29.0 Å². The molecule has 2 N–H and O–H groups in total. The third-order valence-electron chi connectivity index (χ3n) is 4.53. The fourth-order valence-corrected chi connectivity index (χ4v) is 4.61. The Labute approximate surface area is 121 Å². The third-order valence-corrected chi connectivity index (χ3v) is 5.77. The molecule has 1 heterocycles.